The van der Waals surface area contributed by atoms with E-state index in [0.717, 1.165) is 12.3 Å². The summed E-state index contributed by atoms with van der Waals surface area (Å²) in [6.07, 6.45) is 1.73. The molecule has 1 aromatic carbocycles. The zero-order valence-electron chi connectivity index (χ0n) is 21.4. The number of likely N-dealkylation sites (tertiary alicyclic amines) is 1. The molecule has 1 saturated heterocycles. The van der Waals surface area contributed by atoms with Crippen LogP contribution in [0.4, 0.5) is 18.9 Å². The summed E-state index contributed by atoms with van der Waals surface area (Å²) in [6.45, 7) is 1.61. The van der Waals surface area contributed by atoms with Gasteiger partial charge in [0.2, 0.25) is 0 Å². The summed E-state index contributed by atoms with van der Waals surface area (Å²) in [5, 5.41) is 16.6. The molecule has 9 nitrogen and oxygen atoms in total. The zero-order valence-corrected chi connectivity index (χ0v) is 22.2. The van der Waals surface area contributed by atoms with E-state index in [1.54, 1.807) is 13.8 Å². The highest BCUT2D eigenvalue weighted by Crippen LogP contribution is 2.37. The van der Waals surface area contributed by atoms with Gasteiger partial charge in [0.05, 0.1) is 23.5 Å². The number of nitrogens with zero attached hydrogens (tertiary/aromatic N) is 3. The van der Waals surface area contributed by atoms with E-state index in [0.29, 0.717) is 26.1 Å². The predicted octanol–water partition coefficient (Wildman–Crippen LogP) is 4.57. The van der Waals surface area contributed by atoms with E-state index in [1.807, 2.05) is 4.90 Å². The van der Waals surface area contributed by atoms with E-state index in [-0.39, 0.29) is 47.5 Å². The number of ether oxygens (including phenoxy) is 2. The first kappa shape index (κ1) is 29.7. The lowest BCUT2D eigenvalue weighted by Crippen LogP contribution is -2.55. The molecule has 1 amide bonds. The molecule has 0 aliphatic carbocycles. The summed E-state index contributed by atoms with van der Waals surface area (Å²) in [5.74, 6) is -3.37. The molecule has 1 aromatic heterocycles. The Bertz CT molecular complexity index is 1120. The molecule has 0 saturated carbocycles. The highest BCUT2D eigenvalue weighted by atomic mass is 35.5. The van der Waals surface area contributed by atoms with Crippen molar-refractivity contribution in [3.63, 3.8) is 0 Å². The maximum Gasteiger partial charge on any atom is 0.387 e. The summed E-state index contributed by atoms with van der Waals surface area (Å²) < 4.78 is 51.7. The molecule has 1 fully saturated rings. The van der Waals surface area contributed by atoms with Crippen LogP contribution in [0.2, 0.25) is 5.02 Å². The minimum absolute atomic E-state index is 0.0225. The maximum absolute atomic E-state index is 14.8. The van der Waals surface area contributed by atoms with Gasteiger partial charge in [-0.15, -0.1) is 0 Å². The molecule has 13 heteroatoms. The Morgan fingerprint density at radius 3 is 2.53 bits per heavy atom. The number of carbonyl (C=O) groups excluding carboxylic acids is 1. The van der Waals surface area contributed by atoms with Gasteiger partial charge in [0.25, 0.3) is 5.91 Å². The average Bonchev–Trinajstić information content (AvgIpc) is 3.25. The van der Waals surface area contributed by atoms with Crippen LogP contribution >= 0.6 is 11.6 Å². The first-order chi connectivity index (χ1) is 18.0. The molecule has 210 valence electrons. The van der Waals surface area contributed by atoms with Crippen LogP contribution in [0.5, 0.6) is 5.75 Å². The fourth-order valence-corrected chi connectivity index (χ4v) is 4.90. The van der Waals surface area contributed by atoms with Gasteiger partial charge in [-0.1, -0.05) is 25.4 Å². The van der Waals surface area contributed by atoms with E-state index in [2.05, 4.69) is 15.2 Å². The summed E-state index contributed by atoms with van der Waals surface area (Å²) in [5.41, 5.74) is -1.16. The van der Waals surface area contributed by atoms with Gasteiger partial charge in [-0.2, -0.15) is 13.9 Å². The number of carbonyl (C=O) groups is 2. The molecule has 1 unspecified atom stereocenters. The van der Waals surface area contributed by atoms with Crippen LogP contribution in [0.1, 0.15) is 44.7 Å². The molecular weight excluding hydrogens is 529 g/mol. The van der Waals surface area contributed by atoms with Gasteiger partial charge in [0.15, 0.2) is 11.6 Å². The lowest BCUT2D eigenvalue weighted by Gasteiger charge is -2.42. The second-order valence-corrected chi connectivity index (χ2v) is 10.0. The SMILES string of the molecule is COCCC(CN1CCC(C(=O)Nc2ccc(Cl)cc2OC(F)F)(n2ncc(F)c2C(C)C)CC1)C(=O)O. The number of rotatable bonds is 12. The molecule has 2 aromatic rings. The van der Waals surface area contributed by atoms with Gasteiger partial charge in [-0.25, -0.2) is 4.39 Å². The summed E-state index contributed by atoms with van der Waals surface area (Å²) >= 11 is 5.93. The molecule has 1 atom stereocenters. The van der Waals surface area contributed by atoms with E-state index in [4.69, 9.17) is 16.3 Å². The van der Waals surface area contributed by atoms with E-state index < -0.39 is 35.8 Å². The van der Waals surface area contributed by atoms with Crippen LogP contribution < -0.4 is 10.1 Å². The number of hydrogen-bond donors (Lipinski definition) is 2. The number of carboxylic acid groups (broad SMARTS) is 1. The summed E-state index contributed by atoms with van der Waals surface area (Å²) in [4.78, 5) is 27.5. The number of nitrogens with one attached hydrogen (secondary N) is 1. The third-order valence-electron chi connectivity index (χ3n) is 6.72. The Hall–Kier alpha value is -2.83. The van der Waals surface area contributed by atoms with E-state index in [1.165, 1.54) is 23.9 Å². The van der Waals surface area contributed by atoms with Crippen molar-refractivity contribution in [2.75, 3.05) is 38.7 Å². The fraction of sp³-hybridized carbons (Fsp3) is 0.560. The molecular formula is C25H32ClF3N4O5. The fourth-order valence-electron chi connectivity index (χ4n) is 4.74. The number of methoxy groups -OCH3 is 1. The molecule has 0 spiro atoms. The van der Waals surface area contributed by atoms with E-state index >= 15 is 0 Å². The molecule has 2 heterocycles. The van der Waals surface area contributed by atoms with Crippen LogP contribution in [0, 0.1) is 11.7 Å². The number of hydrogen-bond acceptors (Lipinski definition) is 6. The van der Waals surface area contributed by atoms with Crippen molar-refractivity contribution in [2.24, 2.45) is 5.92 Å². The van der Waals surface area contributed by atoms with Crippen molar-refractivity contribution in [3.05, 3.63) is 40.9 Å². The van der Waals surface area contributed by atoms with Crippen LogP contribution in [0.3, 0.4) is 0 Å². The van der Waals surface area contributed by atoms with Crippen molar-refractivity contribution in [2.45, 2.75) is 51.2 Å². The predicted molar refractivity (Wildman–Crippen MR) is 134 cm³/mol. The first-order valence-electron chi connectivity index (χ1n) is 12.2. The number of amides is 1. The quantitative estimate of drug-likeness (QED) is 0.392. The Balaban J connectivity index is 1.93. The number of carboxylic acids is 1. The highest BCUT2D eigenvalue weighted by molar-refractivity contribution is 6.30. The van der Waals surface area contributed by atoms with E-state index in [9.17, 15) is 27.9 Å². The van der Waals surface area contributed by atoms with Gasteiger partial charge >= 0.3 is 12.6 Å². The maximum atomic E-state index is 14.8. The molecule has 1 aliphatic heterocycles. The molecule has 0 bridgehead atoms. The third-order valence-corrected chi connectivity index (χ3v) is 6.96. The Morgan fingerprint density at radius 2 is 1.95 bits per heavy atom. The topological polar surface area (TPSA) is 106 Å². The van der Waals surface area contributed by atoms with Gasteiger partial charge in [0, 0.05) is 44.4 Å². The largest absolute Gasteiger partial charge is 0.481 e. The van der Waals surface area contributed by atoms with Crippen molar-refractivity contribution in [1.82, 2.24) is 14.7 Å². The van der Waals surface area contributed by atoms with Gasteiger partial charge in [-0.05, 0) is 37.3 Å². The van der Waals surface area contributed by atoms with Crippen LogP contribution in [-0.4, -0.2) is 71.6 Å². The lowest BCUT2D eigenvalue weighted by molar-refractivity contribution is -0.143. The van der Waals surface area contributed by atoms with Crippen molar-refractivity contribution in [1.29, 1.82) is 0 Å². The molecule has 2 N–H and O–H groups in total. The molecule has 3 rings (SSSR count). The minimum Gasteiger partial charge on any atom is -0.481 e. The van der Waals surface area contributed by atoms with Crippen LogP contribution in [-0.2, 0) is 19.9 Å². The van der Waals surface area contributed by atoms with Gasteiger partial charge < -0.3 is 24.8 Å². The number of benzene rings is 1. The zero-order chi connectivity index (χ0) is 28.0. The molecule has 38 heavy (non-hydrogen) atoms. The highest BCUT2D eigenvalue weighted by Gasteiger charge is 2.46. The Morgan fingerprint density at radius 1 is 1.26 bits per heavy atom. The summed E-state index contributed by atoms with van der Waals surface area (Å²) in [6, 6.07) is 3.93. The number of halogens is 4. The normalized spacial score (nSPS) is 16.6. The standard InChI is InChI=1S/C25H32ClF3N4O5/c1-15(2)21-18(27)13-30-33(21)25(7-9-32(10-8-25)14-16(22(34)35)6-11-37-3)23(36)31-19-5-4-17(26)12-20(19)38-24(28)29/h4-5,12-13,15-16,24H,6-11,14H2,1-3H3,(H,31,36)(H,34,35). The first-order valence-corrected chi connectivity index (χ1v) is 12.6. The number of anilines is 1. The van der Waals surface area contributed by atoms with Gasteiger partial charge in [0.1, 0.15) is 5.54 Å². The number of aromatic nitrogens is 2. The van der Waals surface area contributed by atoms with Crippen molar-refractivity contribution in [3.8, 4) is 5.75 Å². The lowest BCUT2D eigenvalue weighted by atomic mass is 9.85. The second kappa shape index (κ2) is 12.8. The second-order valence-electron chi connectivity index (χ2n) is 9.57. The third kappa shape index (κ3) is 6.78. The average molecular weight is 561 g/mol. The number of alkyl halides is 2. The smallest absolute Gasteiger partial charge is 0.387 e. The van der Waals surface area contributed by atoms with Crippen LogP contribution in [0.25, 0.3) is 0 Å². The molecule has 0 radical (unpaired) electrons. The number of piperidine rings is 1. The Labute approximate surface area is 223 Å². The van der Waals surface area contributed by atoms with Crippen molar-refractivity contribution < 1.29 is 37.3 Å². The summed E-state index contributed by atoms with van der Waals surface area (Å²) in [7, 11) is 1.50. The Kier molecular flexibility index (Phi) is 10.0. The molecule has 1 aliphatic rings. The van der Waals surface area contributed by atoms with Crippen molar-refractivity contribution >= 4 is 29.2 Å². The monoisotopic (exact) mass is 560 g/mol. The minimum atomic E-state index is -3.14. The van der Waals surface area contributed by atoms with Gasteiger partial charge in [-0.3, -0.25) is 14.3 Å². The van der Waals surface area contributed by atoms with Crippen LogP contribution in [0.15, 0.2) is 24.4 Å². The number of aliphatic carboxylic acids is 1.